The Hall–Kier alpha value is -2.88. The lowest BCUT2D eigenvalue weighted by atomic mass is 10.1. The lowest BCUT2D eigenvalue weighted by Crippen LogP contribution is -2.21. The highest BCUT2D eigenvalue weighted by Gasteiger charge is 2.11. The lowest BCUT2D eigenvalue weighted by molar-refractivity contribution is 0.490. The Morgan fingerprint density at radius 2 is 1.74 bits per heavy atom. The second kappa shape index (κ2) is 8.21. The van der Waals surface area contributed by atoms with Gasteiger partial charge in [0, 0.05) is 42.5 Å². The molecule has 3 N–H and O–H groups in total. The zero-order valence-electron chi connectivity index (χ0n) is 16.7. The molecule has 0 bridgehead atoms. The van der Waals surface area contributed by atoms with Crippen molar-refractivity contribution in [3.05, 3.63) is 54.1 Å². The third kappa shape index (κ3) is 3.95. The van der Waals surface area contributed by atoms with Crippen molar-refractivity contribution in [1.82, 2.24) is 0 Å². The van der Waals surface area contributed by atoms with Crippen molar-refractivity contribution < 1.29 is 4.74 Å². The van der Waals surface area contributed by atoms with Gasteiger partial charge in [0.1, 0.15) is 5.75 Å². The van der Waals surface area contributed by atoms with Crippen molar-refractivity contribution in [3.8, 4) is 11.5 Å². The smallest absolute Gasteiger partial charge is 0.152 e. The second-order valence-electron chi connectivity index (χ2n) is 6.67. The summed E-state index contributed by atoms with van der Waals surface area (Å²) >= 11 is 0. The number of rotatable bonds is 7. The molecular formula is C23H29N3O. The van der Waals surface area contributed by atoms with Crippen LogP contribution in [0, 0.1) is 6.92 Å². The summed E-state index contributed by atoms with van der Waals surface area (Å²) in [6, 6.07) is 16.7. The van der Waals surface area contributed by atoms with E-state index >= 15 is 0 Å². The molecule has 0 aliphatic rings. The quantitative estimate of drug-likeness (QED) is 0.521. The van der Waals surface area contributed by atoms with Gasteiger partial charge in [-0.25, -0.2) is 0 Å². The zero-order valence-corrected chi connectivity index (χ0v) is 16.7. The topological polar surface area (TPSA) is 50.5 Å². The van der Waals surface area contributed by atoms with E-state index in [1.807, 2.05) is 31.2 Å². The fourth-order valence-corrected chi connectivity index (χ4v) is 3.39. The van der Waals surface area contributed by atoms with E-state index in [-0.39, 0.29) is 0 Å². The standard InChI is InChI=1S/C23H29N3O/c1-5-25-18-13-16(4)23(24)22(15-18)27-21-10-8-9-17-14-19(11-12-20(17)21)26(6-2)7-3/h8-15,25H,5-7,24H2,1-4H3. The van der Waals surface area contributed by atoms with Crippen LogP contribution in [0.15, 0.2) is 48.5 Å². The molecule has 0 aromatic heterocycles. The van der Waals surface area contributed by atoms with Gasteiger partial charge in [0.25, 0.3) is 0 Å². The van der Waals surface area contributed by atoms with Crippen LogP contribution in [0.2, 0.25) is 0 Å². The first-order valence-corrected chi connectivity index (χ1v) is 9.66. The molecule has 0 atom stereocenters. The maximum Gasteiger partial charge on any atom is 0.152 e. The summed E-state index contributed by atoms with van der Waals surface area (Å²) in [5.74, 6) is 1.50. The van der Waals surface area contributed by atoms with E-state index in [1.165, 1.54) is 5.69 Å². The number of nitrogen functional groups attached to an aromatic ring is 1. The highest BCUT2D eigenvalue weighted by Crippen LogP contribution is 2.37. The van der Waals surface area contributed by atoms with Crippen molar-refractivity contribution in [3.63, 3.8) is 0 Å². The Bertz CT molecular complexity index is 932. The Labute approximate surface area is 161 Å². The number of nitrogens with one attached hydrogen (secondary N) is 1. The first-order valence-electron chi connectivity index (χ1n) is 9.66. The van der Waals surface area contributed by atoms with Gasteiger partial charge in [-0.05, 0) is 69.0 Å². The van der Waals surface area contributed by atoms with Crippen molar-refractivity contribution in [2.45, 2.75) is 27.7 Å². The number of hydrogen-bond donors (Lipinski definition) is 2. The van der Waals surface area contributed by atoms with E-state index in [1.54, 1.807) is 0 Å². The van der Waals surface area contributed by atoms with Crippen molar-refractivity contribution in [1.29, 1.82) is 0 Å². The Balaban J connectivity index is 2.01. The summed E-state index contributed by atoms with van der Waals surface area (Å²) in [6.07, 6.45) is 0. The Morgan fingerprint density at radius 3 is 2.44 bits per heavy atom. The van der Waals surface area contributed by atoms with Gasteiger partial charge in [-0.2, -0.15) is 0 Å². The molecule has 0 amide bonds. The van der Waals surface area contributed by atoms with E-state index < -0.39 is 0 Å². The fraction of sp³-hybridized carbons (Fsp3) is 0.304. The molecule has 3 aromatic rings. The summed E-state index contributed by atoms with van der Waals surface area (Å²) in [7, 11) is 0. The molecule has 4 nitrogen and oxygen atoms in total. The van der Waals surface area contributed by atoms with Crippen LogP contribution in [0.5, 0.6) is 11.5 Å². The minimum atomic E-state index is 0.674. The maximum absolute atomic E-state index is 6.28. The molecule has 142 valence electrons. The van der Waals surface area contributed by atoms with Crippen LogP contribution in [-0.4, -0.2) is 19.6 Å². The number of hydrogen-bond acceptors (Lipinski definition) is 4. The molecule has 0 aliphatic carbocycles. The molecule has 0 aliphatic heterocycles. The first kappa shape index (κ1) is 18.9. The van der Waals surface area contributed by atoms with Crippen molar-refractivity contribution in [2.75, 3.05) is 35.6 Å². The number of anilines is 3. The average molecular weight is 364 g/mol. The molecule has 27 heavy (non-hydrogen) atoms. The summed E-state index contributed by atoms with van der Waals surface area (Å²) in [4.78, 5) is 2.34. The minimum absolute atomic E-state index is 0.674. The number of fused-ring (bicyclic) bond motifs is 1. The van der Waals surface area contributed by atoms with Crippen molar-refractivity contribution in [2.24, 2.45) is 0 Å². The molecule has 0 heterocycles. The largest absolute Gasteiger partial charge is 0.454 e. The van der Waals surface area contributed by atoms with Gasteiger partial charge in [0.15, 0.2) is 5.75 Å². The molecule has 0 fully saturated rings. The number of nitrogens with two attached hydrogens (primary N) is 1. The van der Waals surface area contributed by atoms with Crippen molar-refractivity contribution >= 4 is 27.8 Å². The summed E-state index contributed by atoms with van der Waals surface area (Å²) < 4.78 is 6.26. The van der Waals surface area contributed by atoms with Gasteiger partial charge >= 0.3 is 0 Å². The number of ether oxygens (including phenoxy) is 1. The molecule has 3 aromatic carbocycles. The summed E-state index contributed by atoms with van der Waals surface area (Å²) in [6.45, 7) is 11.3. The van der Waals surface area contributed by atoms with Crippen LogP contribution in [0.4, 0.5) is 17.1 Å². The predicted molar refractivity (Wildman–Crippen MR) is 117 cm³/mol. The van der Waals surface area contributed by atoms with E-state index in [4.69, 9.17) is 10.5 Å². The third-order valence-electron chi connectivity index (χ3n) is 4.90. The monoisotopic (exact) mass is 363 g/mol. The predicted octanol–water partition coefficient (Wildman–Crippen LogP) is 5.80. The lowest BCUT2D eigenvalue weighted by Gasteiger charge is -2.21. The molecule has 0 spiro atoms. The fourth-order valence-electron chi connectivity index (χ4n) is 3.39. The highest BCUT2D eigenvalue weighted by atomic mass is 16.5. The van der Waals surface area contributed by atoms with Crippen LogP contribution in [0.1, 0.15) is 26.3 Å². The van der Waals surface area contributed by atoms with Gasteiger partial charge in [0.05, 0.1) is 5.69 Å². The van der Waals surface area contributed by atoms with E-state index in [9.17, 15) is 0 Å². The molecule has 0 saturated carbocycles. The van der Waals surface area contributed by atoms with Crippen LogP contribution in [-0.2, 0) is 0 Å². The SMILES string of the molecule is CCNc1cc(C)c(N)c(Oc2cccc3cc(N(CC)CC)ccc23)c1. The van der Waals surface area contributed by atoms with Gasteiger partial charge in [0.2, 0.25) is 0 Å². The minimum Gasteiger partial charge on any atom is -0.454 e. The maximum atomic E-state index is 6.28. The second-order valence-corrected chi connectivity index (χ2v) is 6.67. The summed E-state index contributed by atoms with van der Waals surface area (Å²) in [5, 5.41) is 5.58. The molecular weight excluding hydrogens is 334 g/mol. The Morgan fingerprint density at radius 1 is 0.963 bits per heavy atom. The van der Waals surface area contributed by atoms with Crippen LogP contribution in [0.25, 0.3) is 10.8 Å². The van der Waals surface area contributed by atoms with Crippen LogP contribution >= 0.6 is 0 Å². The average Bonchev–Trinajstić information content (AvgIpc) is 2.67. The molecule has 3 rings (SSSR count). The number of nitrogens with zero attached hydrogens (tertiary/aromatic N) is 1. The molecule has 4 heteroatoms. The number of aryl methyl sites for hydroxylation is 1. The van der Waals surface area contributed by atoms with Gasteiger partial charge in [-0.3, -0.25) is 0 Å². The van der Waals surface area contributed by atoms with E-state index in [0.29, 0.717) is 11.4 Å². The van der Waals surface area contributed by atoms with Crippen LogP contribution in [0.3, 0.4) is 0 Å². The molecule has 0 saturated heterocycles. The zero-order chi connectivity index (χ0) is 19.4. The normalized spacial score (nSPS) is 10.8. The Kier molecular flexibility index (Phi) is 5.75. The highest BCUT2D eigenvalue weighted by molar-refractivity contribution is 5.91. The van der Waals surface area contributed by atoms with Crippen LogP contribution < -0.4 is 20.7 Å². The first-order chi connectivity index (χ1) is 13.1. The van der Waals surface area contributed by atoms with Gasteiger partial charge in [-0.1, -0.05) is 12.1 Å². The van der Waals surface area contributed by atoms with E-state index in [2.05, 4.69) is 55.3 Å². The number of benzene rings is 3. The molecule has 0 radical (unpaired) electrons. The third-order valence-corrected chi connectivity index (χ3v) is 4.90. The van der Waals surface area contributed by atoms with Gasteiger partial charge < -0.3 is 20.7 Å². The summed E-state index contributed by atoms with van der Waals surface area (Å²) in [5.41, 5.74) is 10.2. The van der Waals surface area contributed by atoms with E-state index in [0.717, 1.165) is 47.4 Å². The molecule has 0 unspecified atom stereocenters. The van der Waals surface area contributed by atoms with Gasteiger partial charge in [-0.15, -0.1) is 0 Å².